The van der Waals surface area contributed by atoms with Crippen molar-refractivity contribution >= 4 is 35.0 Å². The zero-order valence-corrected chi connectivity index (χ0v) is 13.1. The number of benzene rings is 2. The van der Waals surface area contributed by atoms with E-state index in [9.17, 15) is 9.90 Å². The average molecular weight is 326 g/mol. The van der Waals surface area contributed by atoms with E-state index in [4.69, 9.17) is 17.0 Å². The van der Waals surface area contributed by atoms with E-state index < -0.39 is 0 Å². The third-order valence-corrected chi connectivity index (χ3v) is 3.68. The molecule has 1 aliphatic heterocycles. The van der Waals surface area contributed by atoms with Gasteiger partial charge in [0.25, 0.3) is 5.91 Å². The summed E-state index contributed by atoms with van der Waals surface area (Å²) in [6.45, 7) is 0. The van der Waals surface area contributed by atoms with E-state index >= 15 is 0 Å². The zero-order valence-electron chi connectivity index (χ0n) is 12.3. The van der Waals surface area contributed by atoms with Gasteiger partial charge in [-0.05, 0) is 48.1 Å². The van der Waals surface area contributed by atoms with Crippen molar-refractivity contribution < 1.29 is 14.6 Å². The van der Waals surface area contributed by atoms with Crippen molar-refractivity contribution in [3.63, 3.8) is 0 Å². The largest absolute Gasteiger partial charge is 0.508 e. The van der Waals surface area contributed by atoms with E-state index in [2.05, 4.69) is 5.32 Å². The number of thiocarbonyl (C=S) groups is 1. The number of hydrogen-bond acceptors (Lipinski definition) is 4. The number of hydrogen-bond donors (Lipinski definition) is 2. The molecule has 116 valence electrons. The zero-order chi connectivity index (χ0) is 16.4. The fourth-order valence-corrected chi connectivity index (χ4v) is 2.55. The highest BCUT2D eigenvalue weighted by Gasteiger charge is 2.32. The topological polar surface area (TPSA) is 61.8 Å². The van der Waals surface area contributed by atoms with Gasteiger partial charge in [0.2, 0.25) is 0 Å². The Kier molecular flexibility index (Phi) is 3.99. The number of nitrogens with zero attached hydrogens (tertiary/aromatic N) is 1. The van der Waals surface area contributed by atoms with E-state index in [1.807, 2.05) is 0 Å². The molecule has 2 aromatic rings. The molecule has 1 amide bonds. The van der Waals surface area contributed by atoms with Crippen molar-refractivity contribution in [1.82, 2.24) is 5.32 Å². The molecule has 0 atom stereocenters. The SMILES string of the molecule is COc1cccc(N2C(=O)/C(=C/c3ccc(O)cc3)NC2=S)c1. The van der Waals surface area contributed by atoms with E-state index in [-0.39, 0.29) is 11.7 Å². The maximum absolute atomic E-state index is 12.6. The lowest BCUT2D eigenvalue weighted by Gasteiger charge is -2.14. The monoisotopic (exact) mass is 326 g/mol. The minimum absolute atomic E-state index is 0.173. The molecular weight excluding hydrogens is 312 g/mol. The molecule has 0 saturated carbocycles. The summed E-state index contributed by atoms with van der Waals surface area (Å²) in [7, 11) is 1.57. The number of phenolic OH excluding ortho intramolecular Hbond substituents is 1. The molecule has 1 fully saturated rings. The Morgan fingerprint density at radius 3 is 2.65 bits per heavy atom. The Balaban J connectivity index is 1.91. The quantitative estimate of drug-likeness (QED) is 0.671. The van der Waals surface area contributed by atoms with Crippen molar-refractivity contribution in [3.05, 3.63) is 59.8 Å². The van der Waals surface area contributed by atoms with Crippen LogP contribution in [0.3, 0.4) is 0 Å². The van der Waals surface area contributed by atoms with Crippen LogP contribution in [-0.4, -0.2) is 23.2 Å². The van der Waals surface area contributed by atoms with Crippen LogP contribution in [-0.2, 0) is 4.79 Å². The van der Waals surface area contributed by atoms with Gasteiger partial charge in [-0.2, -0.15) is 0 Å². The number of anilines is 1. The first-order chi connectivity index (χ1) is 11.1. The van der Waals surface area contributed by atoms with Crippen LogP contribution in [0.25, 0.3) is 6.08 Å². The summed E-state index contributed by atoms with van der Waals surface area (Å²) in [5.74, 6) is 0.580. The third-order valence-electron chi connectivity index (χ3n) is 3.39. The van der Waals surface area contributed by atoms with Crippen LogP contribution in [0.5, 0.6) is 11.5 Å². The number of carbonyl (C=O) groups is 1. The van der Waals surface area contributed by atoms with Gasteiger partial charge in [0.05, 0.1) is 12.8 Å². The second-order valence-corrected chi connectivity index (χ2v) is 5.31. The molecule has 23 heavy (non-hydrogen) atoms. The van der Waals surface area contributed by atoms with Crippen LogP contribution < -0.4 is 15.0 Å². The summed E-state index contributed by atoms with van der Waals surface area (Å²) >= 11 is 5.27. The molecule has 0 radical (unpaired) electrons. The first kappa shape index (κ1) is 15.1. The Hall–Kier alpha value is -2.86. The van der Waals surface area contributed by atoms with Crippen LogP contribution in [0, 0.1) is 0 Å². The second kappa shape index (κ2) is 6.10. The van der Waals surface area contributed by atoms with Gasteiger partial charge in [-0.3, -0.25) is 9.69 Å². The first-order valence-corrected chi connectivity index (χ1v) is 7.29. The van der Waals surface area contributed by atoms with Crippen molar-refractivity contribution in [3.8, 4) is 11.5 Å². The molecule has 3 rings (SSSR count). The summed E-state index contributed by atoms with van der Waals surface area (Å²) < 4.78 is 5.18. The highest BCUT2D eigenvalue weighted by Crippen LogP contribution is 2.26. The van der Waals surface area contributed by atoms with Gasteiger partial charge in [-0.1, -0.05) is 18.2 Å². The normalized spacial score (nSPS) is 15.9. The molecule has 1 saturated heterocycles. The molecule has 2 N–H and O–H groups in total. The highest BCUT2D eigenvalue weighted by atomic mass is 32.1. The van der Waals surface area contributed by atoms with Gasteiger partial charge in [0.1, 0.15) is 17.2 Å². The number of methoxy groups -OCH3 is 1. The maximum Gasteiger partial charge on any atom is 0.281 e. The van der Waals surface area contributed by atoms with Gasteiger partial charge in [-0.15, -0.1) is 0 Å². The fraction of sp³-hybridized carbons (Fsp3) is 0.0588. The van der Waals surface area contributed by atoms with Crippen LogP contribution in [0.4, 0.5) is 5.69 Å². The highest BCUT2D eigenvalue weighted by molar-refractivity contribution is 7.80. The van der Waals surface area contributed by atoms with E-state index in [1.54, 1.807) is 61.7 Å². The van der Waals surface area contributed by atoms with Crippen LogP contribution in [0.2, 0.25) is 0 Å². The number of carbonyl (C=O) groups excluding carboxylic acids is 1. The number of phenols is 1. The lowest BCUT2D eigenvalue weighted by atomic mass is 10.2. The molecule has 6 heteroatoms. The Bertz CT molecular complexity index is 800. The minimum Gasteiger partial charge on any atom is -0.508 e. The summed E-state index contributed by atoms with van der Waals surface area (Å²) in [6, 6.07) is 13.7. The predicted molar refractivity (Wildman–Crippen MR) is 92.3 cm³/mol. The molecule has 5 nitrogen and oxygen atoms in total. The fourth-order valence-electron chi connectivity index (χ4n) is 2.26. The molecule has 1 aliphatic rings. The molecule has 0 unspecified atom stereocenters. The first-order valence-electron chi connectivity index (χ1n) is 6.89. The van der Waals surface area contributed by atoms with Crippen LogP contribution >= 0.6 is 12.2 Å². The summed E-state index contributed by atoms with van der Waals surface area (Å²) in [4.78, 5) is 14.0. The smallest absolute Gasteiger partial charge is 0.281 e. The lowest BCUT2D eigenvalue weighted by molar-refractivity contribution is -0.113. The molecule has 2 aromatic carbocycles. The molecule has 0 aromatic heterocycles. The Morgan fingerprint density at radius 2 is 1.96 bits per heavy atom. The average Bonchev–Trinajstić information content (AvgIpc) is 2.83. The predicted octanol–water partition coefficient (Wildman–Crippen LogP) is 2.66. The molecule has 0 aliphatic carbocycles. The van der Waals surface area contributed by atoms with Gasteiger partial charge in [0.15, 0.2) is 5.11 Å². The summed E-state index contributed by atoms with van der Waals surface area (Å²) in [5, 5.41) is 12.5. The van der Waals surface area contributed by atoms with Gasteiger partial charge >= 0.3 is 0 Å². The van der Waals surface area contributed by atoms with E-state index in [0.29, 0.717) is 22.2 Å². The van der Waals surface area contributed by atoms with Crippen molar-refractivity contribution in [2.24, 2.45) is 0 Å². The minimum atomic E-state index is -0.240. The number of amides is 1. The van der Waals surface area contributed by atoms with Crippen LogP contribution in [0.15, 0.2) is 54.2 Å². The standard InChI is InChI=1S/C17H14N2O3S/c1-22-14-4-2-3-12(10-14)19-16(21)15(18-17(19)23)9-11-5-7-13(20)8-6-11/h2-10,20H,1H3,(H,18,23)/b15-9-. The lowest BCUT2D eigenvalue weighted by Crippen LogP contribution is -2.30. The molecule has 0 bridgehead atoms. The van der Waals surface area contributed by atoms with Gasteiger partial charge in [0, 0.05) is 6.07 Å². The second-order valence-electron chi connectivity index (χ2n) is 4.92. The number of nitrogens with one attached hydrogen (secondary N) is 1. The number of ether oxygens (including phenoxy) is 1. The maximum atomic E-state index is 12.6. The summed E-state index contributed by atoms with van der Waals surface area (Å²) in [5.41, 5.74) is 1.80. The Morgan fingerprint density at radius 1 is 1.22 bits per heavy atom. The van der Waals surface area contributed by atoms with Gasteiger partial charge < -0.3 is 15.2 Å². The Labute approximate surface area is 138 Å². The number of rotatable bonds is 3. The van der Waals surface area contributed by atoms with Crippen molar-refractivity contribution in [2.45, 2.75) is 0 Å². The van der Waals surface area contributed by atoms with E-state index in [1.165, 1.54) is 4.90 Å². The van der Waals surface area contributed by atoms with E-state index in [0.717, 1.165) is 5.56 Å². The van der Waals surface area contributed by atoms with Crippen molar-refractivity contribution in [2.75, 3.05) is 12.0 Å². The van der Waals surface area contributed by atoms with Crippen LogP contribution in [0.1, 0.15) is 5.56 Å². The molecule has 0 spiro atoms. The van der Waals surface area contributed by atoms with Crippen molar-refractivity contribution in [1.29, 1.82) is 0 Å². The summed E-state index contributed by atoms with van der Waals surface area (Å²) in [6.07, 6.45) is 1.69. The third kappa shape index (κ3) is 3.02. The molecule has 1 heterocycles. The number of aromatic hydroxyl groups is 1. The van der Waals surface area contributed by atoms with Gasteiger partial charge in [-0.25, -0.2) is 0 Å². The molecular formula is C17H14N2O3S.